The fraction of sp³-hybridized carbons (Fsp3) is 0.394. The van der Waals surface area contributed by atoms with E-state index in [-0.39, 0.29) is 23.4 Å². The minimum absolute atomic E-state index is 0.0666. The van der Waals surface area contributed by atoms with Gasteiger partial charge in [0.1, 0.15) is 12.6 Å². The Morgan fingerprint density at radius 3 is 2.26 bits per heavy atom. The largest absolute Gasteiger partial charge is 0.352 e. The molecular weight excluding hydrogens is 570 g/mol. The van der Waals surface area contributed by atoms with Crippen LogP contribution < -0.4 is 9.62 Å². The number of carbonyl (C=O) groups is 2. The van der Waals surface area contributed by atoms with Crippen LogP contribution in [0.5, 0.6) is 0 Å². The molecule has 0 saturated heterocycles. The zero-order chi connectivity index (χ0) is 30.3. The normalized spacial score (nSPS) is 14.7. The van der Waals surface area contributed by atoms with E-state index < -0.39 is 28.5 Å². The first kappa shape index (κ1) is 31.6. The quantitative estimate of drug-likeness (QED) is 0.272. The first-order valence-electron chi connectivity index (χ1n) is 14.6. The molecule has 224 valence electrons. The first-order chi connectivity index (χ1) is 20.1. The van der Waals surface area contributed by atoms with Gasteiger partial charge in [-0.15, -0.1) is 0 Å². The minimum Gasteiger partial charge on any atom is -0.352 e. The van der Waals surface area contributed by atoms with Gasteiger partial charge >= 0.3 is 0 Å². The molecule has 1 aliphatic carbocycles. The molecule has 1 fully saturated rings. The second-order valence-electron chi connectivity index (χ2n) is 11.0. The van der Waals surface area contributed by atoms with Crippen LogP contribution in [0.25, 0.3) is 0 Å². The second-order valence-corrected chi connectivity index (χ2v) is 13.3. The van der Waals surface area contributed by atoms with Crippen molar-refractivity contribution in [2.75, 3.05) is 10.8 Å². The second kappa shape index (κ2) is 14.2. The fourth-order valence-electron chi connectivity index (χ4n) is 5.45. The van der Waals surface area contributed by atoms with Gasteiger partial charge in [-0.2, -0.15) is 0 Å². The van der Waals surface area contributed by atoms with Crippen LogP contribution in [0.1, 0.15) is 62.1 Å². The summed E-state index contributed by atoms with van der Waals surface area (Å²) < 4.78 is 29.3. The maximum atomic E-state index is 14.3. The summed E-state index contributed by atoms with van der Waals surface area (Å²) in [6.45, 7) is 5.21. The number of sulfonamides is 1. The van der Waals surface area contributed by atoms with Crippen LogP contribution in [-0.2, 0) is 26.2 Å². The van der Waals surface area contributed by atoms with E-state index in [1.807, 2.05) is 44.2 Å². The van der Waals surface area contributed by atoms with Crippen LogP contribution in [0, 0.1) is 13.8 Å². The average molecular weight is 610 g/mol. The van der Waals surface area contributed by atoms with E-state index in [0.29, 0.717) is 22.7 Å². The molecule has 9 heteroatoms. The number of aryl methyl sites for hydroxylation is 2. The predicted molar refractivity (Wildman–Crippen MR) is 168 cm³/mol. The molecule has 2 amide bonds. The Kier molecular flexibility index (Phi) is 10.7. The number of hydrogen-bond acceptors (Lipinski definition) is 4. The van der Waals surface area contributed by atoms with Gasteiger partial charge in [-0.1, -0.05) is 91.9 Å². The Labute approximate surface area is 254 Å². The molecule has 7 nitrogen and oxygen atoms in total. The van der Waals surface area contributed by atoms with Crippen LogP contribution >= 0.6 is 11.6 Å². The molecule has 3 aromatic rings. The van der Waals surface area contributed by atoms with Crippen LogP contribution in [0.4, 0.5) is 5.69 Å². The molecule has 0 unspecified atom stereocenters. The van der Waals surface area contributed by atoms with Crippen molar-refractivity contribution in [1.29, 1.82) is 0 Å². The maximum absolute atomic E-state index is 14.3. The van der Waals surface area contributed by atoms with Gasteiger partial charge in [0.2, 0.25) is 11.8 Å². The van der Waals surface area contributed by atoms with E-state index in [0.717, 1.165) is 47.5 Å². The summed E-state index contributed by atoms with van der Waals surface area (Å²) in [6.07, 6.45) is 5.53. The van der Waals surface area contributed by atoms with Gasteiger partial charge in [0.15, 0.2) is 0 Å². The van der Waals surface area contributed by atoms with Crippen molar-refractivity contribution in [3.05, 3.63) is 94.5 Å². The number of hydrogen-bond donors (Lipinski definition) is 1. The highest BCUT2D eigenvalue weighted by molar-refractivity contribution is 7.92. The lowest BCUT2D eigenvalue weighted by Gasteiger charge is -2.34. The molecule has 0 bridgehead atoms. The highest BCUT2D eigenvalue weighted by Crippen LogP contribution is 2.30. The molecule has 1 aliphatic rings. The molecule has 1 atom stereocenters. The molecule has 0 radical (unpaired) electrons. The highest BCUT2D eigenvalue weighted by atomic mass is 35.5. The van der Waals surface area contributed by atoms with Crippen LogP contribution in [-0.4, -0.2) is 43.8 Å². The third-order valence-electron chi connectivity index (χ3n) is 7.86. The minimum atomic E-state index is -4.16. The number of benzene rings is 3. The van der Waals surface area contributed by atoms with Crippen molar-refractivity contribution < 1.29 is 18.0 Å². The molecule has 42 heavy (non-hydrogen) atoms. The summed E-state index contributed by atoms with van der Waals surface area (Å²) in [5.74, 6) is -0.680. The van der Waals surface area contributed by atoms with Gasteiger partial charge in [0, 0.05) is 17.6 Å². The Balaban J connectivity index is 1.72. The summed E-state index contributed by atoms with van der Waals surface area (Å²) in [5, 5.41) is 3.53. The van der Waals surface area contributed by atoms with Crippen LogP contribution in [0.15, 0.2) is 77.7 Å². The summed E-state index contributed by atoms with van der Waals surface area (Å²) in [5.41, 5.74) is 2.73. The Hall–Kier alpha value is -3.36. The van der Waals surface area contributed by atoms with Crippen LogP contribution in [0.2, 0.25) is 5.02 Å². The lowest BCUT2D eigenvalue weighted by molar-refractivity contribution is -0.140. The van der Waals surface area contributed by atoms with Gasteiger partial charge in [-0.05, 0) is 68.5 Å². The molecule has 4 rings (SSSR count). The summed E-state index contributed by atoms with van der Waals surface area (Å²) >= 11 is 6.32. The number of carbonyl (C=O) groups excluding carboxylic acids is 2. The Morgan fingerprint density at radius 1 is 0.952 bits per heavy atom. The molecule has 1 saturated carbocycles. The lowest BCUT2D eigenvalue weighted by Crippen LogP contribution is -2.54. The van der Waals surface area contributed by atoms with Gasteiger partial charge in [-0.3, -0.25) is 13.9 Å². The van der Waals surface area contributed by atoms with Gasteiger partial charge in [0.25, 0.3) is 10.0 Å². The molecule has 0 spiro atoms. The predicted octanol–water partition coefficient (Wildman–Crippen LogP) is 6.41. The number of anilines is 1. The van der Waals surface area contributed by atoms with Gasteiger partial charge in [-0.25, -0.2) is 8.42 Å². The van der Waals surface area contributed by atoms with Gasteiger partial charge < -0.3 is 10.2 Å². The molecular formula is C33H40ClN3O4S. The third-order valence-corrected chi connectivity index (χ3v) is 9.87. The maximum Gasteiger partial charge on any atom is 0.264 e. The van der Waals surface area contributed by atoms with E-state index in [1.165, 1.54) is 17.0 Å². The topological polar surface area (TPSA) is 86.8 Å². The van der Waals surface area contributed by atoms with Crippen molar-refractivity contribution in [3.63, 3.8) is 0 Å². The summed E-state index contributed by atoms with van der Waals surface area (Å²) in [7, 11) is -4.16. The zero-order valence-electron chi connectivity index (χ0n) is 24.6. The van der Waals surface area contributed by atoms with Gasteiger partial charge in [0.05, 0.1) is 10.6 Å². The number of rotatable bonds is 11. The Bertz CT molecular complexity index is 1470. The van der Waals surface area contributed by atoms with Crippen molar-refractivity contribution in [2.45, 2.75) is 82.8 Å². The molecule has 0 heterocycles. The lowest BCUT2D eigenvalue weighted by atomic mass is 9.95. The molecule has 0 aliphatic heterocycles. The fourth-order valence-corrected chi connectivity index (χ4v) is 7.08. The molecule has 0 aromatic heterocycles. The first-order valence-corrected chi connectivity index (χ1v) is 16.4. The van der Waals surface area contributed by atoms with Crippen molar-refractivity contribution in [3.8, 4) is 0 Å². The van der Waals surface area contributed by atoms with Crippen LogP contribution in [0.3, 0.4) is 0 Å². The molecule has 3 aromatic carbocycles. The summed E-state index contributed by atoms with van der Waals surface area (Å²) in [6, 6.07) is 20.3. The Morgan fingerprint density at radius 2 is 1.62 bits per heavy atom. The van der Waals surface area contributed by atoms with E-state index in [1.54, 1.807) is 37.3 Å². The van der Waals surface area contributed by atoms with E-state index in [2.05, 4.69) is 5.32 Å². The SMILES string of the molecule is CC[C@H](C(=O)NC1CCCCC1)N(Cc1ccccc1)C(=O)CN(c1cc(Cl)ccc1C)S(=O)(=O)c1ccc(C)cc1. The molecule has 1 N–H and O–H groups in total. The smallest absolute Gasteiger partial charge is 0.264 e. The van der Waals surface area contributed by atoms with Crippen molar-refractivity contribution in [1.82, 2.24) is 10.2 Å². The third kappa shape index (κ3) is 7.72. The van der Waals surface area contributed by atoms with E-state index >= 15 is 0 Å². The standard InChI is InChI=1S/C33H40ClN3O4S/c1-4-30(33(39)35-28-13-9-6-10-14-28)36(22-26-11-7-5-8-12-26)32(38)23-37(31-21-27(34)18-17-25(31)3)42(40,41)29-19-15-24(2)16-20-29/h5,7-8,11-12,15-21,28,30H,4,6,9-10,13-14,22-23H2,1-3H3,(H,35,39)/t30-/m1/s1. The number of halogens is 1. The monoisotopic (exact) mass is 609 g/mol. The van der Waals surface area contributed by atoms with E-state index in [4.69, 9.17) is 11.6 Å². The zero-order valence-corrected chi connectivity index (χ0v) is 26.1. The number of nitrogens with one attached hydrogen (secondary N) is 1. The number of nitrogens with zero attached hydrogens (tertiary/aromatic N) is 2. The van der Waals surface area contributed by atoms with E-state index in [9.17, 15) is 18.0 Å². The number of amides is 2. The van der Waals surface area contributed by atoms with Crippen molar-refractivity contribution >= 4 is 39.1 Å². The average Bonchev–Trinajstić information content (AvgIpc) is 2.98. The summed E-state index contributed by atoms with van der Waals surface area (Å²) in [4.78, 5) is 29.5. The van der Waals surface area contributed by atoms with Crippen molar-refractivity contribution in [2.24, 2.45) is 0 Å². The highest BCUT2D eigenvalue weighted by Gasteiger charge is 2.35.